The maximum Gasteiger partial charge on any atom is 0.343 e. The van der Waals surface area contributed by atoms with Gasteiger partial charge in [0.15, 0.2) is 0 Å². The molecular weight excluding hydrogens is 437 g/mol. The molecule has 0 N–H and O–H groups in total. The molecule has 3 nitrogen and oxygen atoms in total. The first-order valence-electron chi connectivity index (χ1n) is 7.59. The van der Waals surface area contributed by atoms with Crippen molar-refractivity contribution in [2.24, 2.45) is 4.99 Å². The molecule has 0 fully saturated rings. The van der Waals surface area contributed by atoms with Gasteiger partial charge in [-0.05, 0) is 66.2 Å². The van der Waals surface area contributed by atoms with Crippen molar-refractivity contribution in [2.75, 3.05) is 0 Å². The molecule has 0 heterocycles. The number of carbonyl (C=O) groups is 1. The maximum absolute atomic E-state index is 12.1. The average Bonchev–Trinajstić information content (AvgIpc) is 2.64. The number of halogens is 3. The van der Waals surface area contributed by atoms with E-state index in [-0.39, 0.29) is 0 Å². The van der Waals surface area contributed by atoms with E-state index in [1.807, 2.05) is 0 Å². The minimum absolute atomic E-state index is 0.408. The number of ether oxygens (including phenoxy) is 1. The number of benzene rings is 3. The molecule has 0 aliphatic carbocycles. The Kier molecular flexibility index (Phi) is 6.09. The third-order valence-corrected chi connectivity index (χ3v) is 4.79. The van der Waals surface area contributed by atoms with E-state index in [0.717, 1.165) is 10.0 Å². The predicted octanol–water partition coefficient (Wildman–Crippen LogP) is 6.73. The highest BCUT2D eigenvalue weighted by molar-refractivity contribution is 9.10. The Morgan fingerprint density at radius 1 is 0.962 bits per heavy atom. The molecule has 130 valence electrons. The SMILES string of the molecule is O=C(Oc1ccc(C=Nc2cccc(Cl)c2Cl)cc1)c1ccc(Br)cc1. The highest BCUT2D eigenvalue weighted by Crippen LogP contribution is 2.31. The Morgan fingerprint density at radius 3 is 2.35 bits per heavy atom. The van der Waals surface area contributed by atoms with Crippen LogP contribution in [0.3, 0.4) is 0 Å². The largest absolute Gasteiger partial charge is 0.423 e. The molecule has 0 aliphatic rings. The maximum atomic E-state index is 12.1. The number of hydrogen-bond donors (Lipinski definition) is 0. The van der Waals surface area contributed by atoms with E-state index in [4.69, 9.17) is 27.9 Å². The summed E-state index contributed by atoms with van der Waals surface area (Å²) in [5, 5.41) is 0.863. The summed E-state index contributed by atoms with van der Waals surface area (Å²) in [5.74, 6) is 0.0421. The first kappa shape index (κ1) is 18.6. The molecule has 0 atom stereocenters. The van der Waals surface area contributed by atoms with Crippen LogP contribution in [0.4, 0.5) is 5.69 Å². The van der Waals surface area contributed by atoms with Gasteiger partial charge < -0.3 is 4.74 Å². The Morgan fingerprint density at radius 2 is 1.65 bits per heavy atom. The van der Waals surface area contributed by atoms with Crippen LogP contribution in [0.25, 0.3) is 0 Å². The second kappa shape index (κ2) is 8.49. The monoisotopic (exact) mass is 447 g/mol. The lowest BCUT2D eigenvalue weighted by atomic mass is 10.2. The summed E-state index contributed by atoms with van der Waals surface area (Å²) in [5.41, 5.74) is 1.91. The minimum atomic E-state index is -0.412. The van der Waals surface area contributed by atoms with Crippen LogP contribution in [0.5, 0.6) is 5.75 Å². The number of esters is 1. The van der Waals surface area contributed by atoms with Crippen LogP contribution in [0.2, 0.25) is 10.0 Å². The average molecular weight is 449 g/mol. The molecule has 0 aliphatic heterocycles. The van der Waals surface area contributed by atoms with Gasteiger partial charge in [-0.15, -0.1) is 0 Å². The first-order valence-corrected chi connectivity index (χ1v) is 9.14. The summed E-state index contributed by atoms with van der Waals surface area (Å²) in [6, 6.07) is 19.2. The van der Waals surface area contributed by atoms with Gasteiger partial charge in [-0.3, -0.25) is 4.99 Å². The van der Waals surface area contributed by atoms with Crippen LogP contribution in [0.15, 0.2) is 76.2 Å². The Hall–Kier alpha value is -2.14. The van der Waals surface area contributed by atoms with E-state index in [0.29, 0.717) is 27.0 Å². The Bertz CT molecular complexity index is 955. The highest BCUT2D eigenvalue weighted by Gasteiger charge is 2.08. The smallest absolute Gasteiger partial charge is 0.343 e. The van der Waals surface area contributed by atoms with Crippen molar-refractivity contribution < 1.29 is 9.53 Å². The Labute approximate surface area is 169 Å². The minimum Gasteiger partial charge on any atom is -0.423 e. The quantitative estimate of drug-likeness (QED) is 0.252. The standard InChI is InChI=1S/C20H12BrCl2NO2/c21-15-8-6-14(7-9-15)20(25)26-16-10-4-13(5-11-16)12-24-18-3-1-2-17(22)19(18)23/h1-12H. The molecule has 0 saturated carbocycles. The Balaban J connectivity index is 1.68. The molecule has 3 aromatic carbocycles. The molecule has 0 unspecified atom stereocenters. The van der Waals surface area contributed by atoms with Crippen LogP contribution in [0.1, 0.15) is 15.9 Å². The van der Waals surface area contributed by atoms with Gasteiger partial charge in [-0.2, -0.15) is 0 Å². The van der Waals surface area contributed by atoms with Crippen molar-refractivity contribution >= 4 is 57.0 Å². The molecule has 0 bridgehead atoms. The lowest BCUT2D eigenvalue weighted by Crippen LogP contribution is -2.08. The second-order valence-corrected chi connectivity index (χ2v) is 7.00. The zero-order valence-corrected chi connectivity index (χ0v) is 16.4. The summed E-state index contributed by atoms with van der Waals surface area (Å²) in [6.45, 7) is 0. The normalized spacial score (nSPS) is 10.9. The fourth-order valence-corrected chi connectivity index (χ4v) is 2.72. The van der Waals surface area contributed by atoms with Crippen molar-refractivity contribution in [3.05, 3.63) is 92.4 Å². The molecule has 0 amide bonds. The molecule has 0 radical (unpaired) electrons. The summed E-state index contributed by atoms with van der Waals surface area (Å²) < 4.78 is 6.26. The fraction of sp³-hybridized carbons (Fsp3) is 0. The van der Waals surface area contributed by atoms with Gasteiger partial charge in [-0.25, -0.2) is 4.79 Å². The lowest BCUT2D eigenvalue weighted by Gasteiger charge is -2.05. The molecular formula is C20H12BrCl2NO2. The molecule has 26 heavy (non-hydrogen) atoms. The summed E-state index contributed by atoms with van der Waals surface area (Å²) >= 11 is 15.4. The topological polar surface area (TPSA) is 38.7 Å². The van der Waals surface area contributed by atoms with Crippen molar-refractivity contribution in [2.45, 2.75) is 0 Å². The van der Waals surface area contributed by atoms with Crippen molar-refractivity contribution in [3.8, 4) is 5.75 Å². The third-order valence-electron chi connectivity index (χ3n) is 3.45. The molecule has 3 aromatic rings. The van der Waals surface area contributed by atoms with Gasteiger partial charge >= 0.3 is 5.97 Å². The number of rotatable bonds is 4. The number of aliphatic imine (C=N–C) groups is 1. The van der Waals surface area contributed by atoms with E-state index in [9.17, 15) is 4.79 Å². The summed E-state index contributed by atoms with van der Waals surface area (Å²) in [4.78, 5) is 16.4. The van der Waals surface area contributed by atoms with Crippen molar-refractivity contribution in [1.29, 1.82) is 0 Å². The molecule has 0 aromatic heterocycles. The van der Waals surface area contributed by atoms with Gasteiger partial charge in [0, 0.05) is 10.7 Å². The molecule has 0 saturated heterocycles. The first-order chi connectivity index (χ1) is 12.5. The van der Waals surface area contributed by atoms with Crippen LogP contribution < -0.4 is 4.74 Å². The van der Waals surface area contributed by atoms with E-state index >= 15 is 0 Å². The zero-order chi connectivity index (χ0) is 18.5. The van der Waals surface area contributed by atoms with Crippen LogP contribution in [-0.2, 0) is 0 Å². The van der Waals surface area contributed by atoms with Crippen LogP contribution in [-0.4, -0.2) is 12.2 Å². The van der Waals surface area contributed by atoms with Gasteiger partial charge in [0.2, 0.25) is 0 Å². The third kappa shape index (κ3) is 4.73. The van der Waals surface area contributed by atoms with Gasteiger partial charge in [0.05, 0.1) is 21.3 Å². The van der Waals surface area contributed by atoms with E-state index in [1.165, 1.54) is 0 Å². The van der Waals surface area contributed by atoms with Crippen molar-refractivity contribution in [1.82, 2.24) is 0 Å². The van der Waals surface area contributed by atoms with Crippen molar-refractivity contribution in [3.63, 3.8) is 0 Å². The van der Waals surface area contributed by atoms with Crippen LogP contribution >= 0.6 is 39.1 Å². The van der Waals surface area contributed by atoms with E-state index in [2.05, 4.69) is 20.9 Å². The molecule has 3 rings (SSSR count). The zero-order valence-electron chi connectivity index (χ0n) is 13.3. The number of hydrogen-bond acceptors (Lipinski definition) is 3. The summed E-state index contributed by atoms with van der Waals surface area (Å²) in [6.07, 6.45) is 1.66. The number of nitrogens with zero attached hydrogens (tertiary/aromatic N) is 1. The fourth-order valence-electron chi connectivity index (χ4n) is 2.11. The summed E-state index contributed by atoms with van der Waals surface area (Å²) in [7, 11) is 0. The van der Waals surface area contributed by atoms with Gasteiger partial charge in [-0.1, -0.05) is 45.2 Å². The molecule has 0 spiro atoms. The van der Waals surface area contributed by atoms with E-state index in [1.54, 1.807) is 72.9 Å². The second-order valence-electron chi connectivity index (χ2n) is 5.30. The molecule has 6 heteroatoms. The van der Waals surface area contributed by atoms with Crippen LogP contribution in [0, 0.1) is 0 Å². The lowest BCUT2D eigenvalue weighted by molar-refractivity contribution is 0.0735. The van der Waals surface area contributed by atoms with Gasteiger partial charge in [0.1, 0.15) is 5.75 Å². The predicted molar refractivity (Wildman–Crippen MR) is 109 cm³/mol. The van der Waals surface area contributed by atoms with E-state index < -0.39 is 5.97 Å². The number of carbonyl (C=O) groups excluding carboxylic acids is 1. The highest BCUT2D eigenvalue weighted by atomic mass is 79.9. The van der Waals surface area contributed by atoms with Gasteiger partial charge in [0.25, 0.3) is 0 Å².